The van der Waals surface area contributed by atoms with E-state index in [1.807, 2.05) is 0 Å². The maximum atomic E-state index is 13.6. The summed E-state index contributed by atoms with van der Waals surface area (Å²) in [4.78, 5) is 26.1. The lowest BCUT2D eigenvalue weighted by molar-refractivity contribution is 0.568. The van der Waals surface area contributed by atoms with Crippen molar-refractivity contribution in [2.45, 2.75) is 19.9 Å². The van der Waals surface area contributed by atoms with Crippen molar-refractivity contribution in [3.8, 4) is 0 Å². The fourth-order valence-corrected chi connectivity index (χ4v) is 2.17. The van der Waals surface area contributed by atoms with Gasteiger partial charge in [0.15, 0.2) is 0 Å². The average Bonchev–Trinajstić information content (AvgIpc) is 2.38. The average molecular weight is 301 g/mol. The molecule has 0 radical (unpaired) electrons. The molecule has 7 heteroatoms. The van der Waals surface area contributed by atoms with Gasteiger partial charge in [0, 0.05) is 5.56 Å². The molecule has 0 atom stereocenters. The van der Waals surface area contributed by atoms with Crippen LogP contribution in [0.2, 0.25) is 5.15 Å². The predicted octanol–water partition coefficient (Wildman–Crippen LogP) is 2.08. The number of hydrogen-bond acceptors (Lipinski definition) is 2. The van der Waals surface area contributed by atoms with Crippen molar-refractivity contribution in [3.63, 3.8) is 0 Å². The molecule has 0 fully saturated rings. The van der Waals surface area contributed by atoms with Gasteiger partial charge in [0.1, 0.15) is 16.8 Å². The highest BCUT2D eigenvalue weighted by molar-refractivity contribution is 6.30. The summed E-state index contributed by atoms with van der Waals surface area (Å²) in [5.41, 5.74) is -1.23. The molecule has 0 saturated carbocycles. The number of nitrogens with one attached hydrogen (secondary N) is 1. The van der Waals surface area contributed by atoms with Gasteiger partial charge in [-0.05, 0) is 24.6 Å². The molecule has 106 valence electrons. The third-order valence-corrected chi connectivity index (χ3v) is 3.24. The fraction of sp³-hybridized carbons (Fsp3) is 0.231. The molecule has 0 aliphatic heterocycles. The minimum Gasteiger partial charge on any atom is -0.297 e. The van der Waals surface area contributed by atoms with Gasteiger partial charge in [0.25, 0.3) is 5.56 Å². The van der Waals surface area contributed by atoms with Crippen LogP contribution in [-0.2, 0) is 13.0 Å². The summed E-state index contributed by atoms with van der Waals surface area (Å²) in [5, 5.41) is -0.0292. The zero-order chi connectivity index (χ0) is 14.9. The van der Waals surface area contributed by atoms with E-state index in [9.17, 15) is 18.4 Å². The quantitative estimate of drug-likeness (QED) is 0.882. The number of aromatic amines is 1. The van der Waals surface area contributed by atoms with Gasteiger partial charge in [0.2, 0.25) is 0 Å². The molecule has 0 saturated heterocycles. The minimum absolute atomic E-state index is 0.0292. The molecule has 0 aliphatic carbocycles. The van der Waals surface area contributed by atoms with Gasteiger partial charge < -0.3 is 0 Å². The Hall–Kier alpha value is -1.95. The molecule has 1 aromatic heterocycles. The summed E-state index contributed by atoms with van der Waals surface area (Å²) < 4.78 is 27.5. The molecular formula is C13H11ClF2N2O2. The number of H-pyrrole nitrogens is 1. The van der Waals surface area contributed by atoms with Gasteiger partial charge in [0.05, 0.1) is 12.1 Å². The van der Waals surface area contributed by atoms with Crippen LogP contribution in [0.25, 0.3) is 0 Å². The molecule has 1 aromatic carbocycles. The van der Waals surface area contributed by atoms with Crippen molar-refractivity contribution in [1.82, 2.24) is 9.55 Å². The van der Waals surface area contributed by atoms with Crippen LogP contribution >= 0.6 is 11.6 Å². The predicted molar refractivity (Wildman–Crippen MR) is 71.2 cm³/mol. The Morgan fingerprint density at radius 3 is 2.65 bits per heavy atom. The van der Waals surface area contributed by atoms with Crippen molar-refractivity contribution in [1.29, 1.82) is 0 Å². The van der Waals surface area contributed by atoms with Crippen LogP contribution in [0.1, 0.15) is 18.1 Å². The van der Waals surface area contributed by atoms with E-state index in [1.165, 1.54) is 0 Å². The van der Waals surface area contributed by atoms with E-state index in [-0.39, 0.29) is 22.8 Å². The van der Waals surface area contributed by atoms with E-state index in [4.69, 9.17) is 11.6 Å². The molecule has 0 bridgehead atoms. The van der Waals surface area contributed by atoms with Gasteiger partial charge in [-0.2, -0.15) is 0 Å². The molecule has 20 heavy (non-hydrogen) atoms. The van der Waals surface area contributed by atoms with Crippen molar-refractivity contribution in [2.24, 2.45) is 0 Å². The second-order valence-electron chi connectivity index (χ2n) is 4.20. The van der Waals surface area contributed by atoms with Gasteiger partial charge in [-0.1, -0.05) is 18.5 Å². The number of halogens is 3. The monoisotopic (exact) mass is 300 g/mol. The number of aromatic nitrogens is 2. The Morgan fingerprint density at radius 2 is 2.00 bits per heavy atom. The molecule has 0 spiro atoms. The van der Waals surface area contributed by atoms with Crippen LogP contribution in [0.3, 0.4) is 0 Å². The van der Waals surface area contributed by atoms with Crippen molar-refractivity contribution in [2.75, 3.05) is 0 Å². The van der Waals surface area contributed by atoms with Gasteiger partial charge in [-0.15, -0.1) is 0 Å². The molecule has 1 heterocycles. The maximum absolute atomic E-state index is 13.6. The Balaban J connectivity index is 2.57. The van der Waals surface area contributed by atoms with Crippen LogP contribution in [0.4, 0.5) is 8.78 Å². The van der Waals surface area contributed by atoms with E-state index in [1.54, 1.807) is 6.92 Å². The number of rotatable bonds is 3. The molecule has 0 aliphatic rings. The summed E-state index contributed by atoms with van der Waals surface area (Å²) in [6, 6.07) is 2.85. The third-order valence-electron chi connectivity index (χ3n) is 2.92. The molecule has 2 aromatic rings. The van der Waals surface area contributed by atoms with E-state index in [0.29, 0.717) is 6.42 Å². The third kappa shape index (κ3) is 2.65. The first kappa shape index (κ1) is 14.5. The Labute approximate surface area is 117 Å². The van der Waals surface area contributed by atoms with Crippen LogP contribution < -0.4 is 11.2 Å². The molecule has 2 rings (SSSR count). The van der Waals surface area contributed by atoms with Crippen LogP contribution in [-0.4, -0.2) is 9.55 Å². The Kier molecular flexibility index (Phi) is 4.04. The first-order valence-corrected chi connectivity index (χ1v) is 6.27. The highest BCUT2D eigenvalue weighted by atomic mass is 35.5. The Morgan fingerprint density at radius 1 is 1.30 bits per heavy atom. The molecule has 4 nitrogen and oxygen atoms in total. The first-order chi connectivity index (χ1) is 9.43. The van der Waals surface area contributed by atoms with Gasteiger partial charge >= 0.3 is 5.69 Å². The second kappa shape index (κ2) is 5.58. The van der Waals surface area contributed by atoms with Crippen molar-refractivity contribution < 1.29 is 8.78 Å². The smallest absolute Gasteiger partial charge is 0.297 e. The molecule has 0 amide bonds. The summed E-state index contributed by atoms with van der Waals surface area (Å²) >= 11 is 5.76. The summed E-state index contributed by atoms with van der Waals surface area (Å²) in [6.07, 6.45) is 0.320. The number of benzene rings is 1. The largest absolute Gasteiger partial charge is 0.329 e. The van der Waals surface area contributed by atoms with Crippen molar-refractivity contribution in [3.05, 3.63) is 67.0 Å². The second-order valence-corrected chi connectivity index (χ2v) is 4.58. The highest BCUT2D eigenvalue weighted by Gasteiger charge is 2.13. The van der Waals surface area contributed by atoms with E-state index in [0.717, 1.165) is 22.8 Å². The SMILES string of the molecule is CCc1c(Cl)[nH]c(=O)n(Cc2cc(F)ccc2F)c1=O. The summed E-state index contributed by atoms with van der Waals surface area (Å²) in [6.45, 7) is 1.34. The van der Waals surface area contributed by atoms with Crippen molar-refractivity contribution >= 4 is 11.6 Å². The highest BCUT2D eigenvalue weighted by Crippen LogP contribution is 2.11. The first-order valence-electron chi connectivity index (χ1n) is 5.89. The van der Waals surface area contributed by atoms with E-state index in [2.05, 4.69) is 4.98 Å². The van der Waals surface area contributed by atoms with Crippen LogP contribution in [0.15, 0.2) is 27.8 Å². The lowest BCUT2D eigenvalue weighted by Gasteiger charge is -2.08. The van der Waals surface area contributed by atoms with Crippen LogP contribution in [0, 0.1) is 11.6 Å². The van der Waals surface area contributed by atoms with E-state index < -0.39 is 22.9 Å². The molecule has 1 N–H and O–H groups in total. The number of nitrogens with zero attached hydrogens (tertiary/aromatic N) is 1. The maximum Gasteiger partial charge on any atom is 0.329 e. The normalized spacial score (nSPS) is 10.8. The lowest BCUT2D eigenvalue weighted by Crippen LogP contribution is -2.37. The van der Waals surface area contributed by atoms with Crippen LogP contribution in [0.5, 0.6) is 0 Å². The van der Waals surface area contributed by atoms with Gasteiger partial charge in [-0.25, -0.2) is 13.6 Å². The summed E-state index contributed by atoms with van der Waals surface area (Å²) in [7, 11) is 0. The minimum atomic E-state index is -0.763. The lowest BCUT2D eigenvalue weighted by atomic mass is 10.2. The van der Waals surface area contributed by atoms with E-state index >= 15 is 0 Å². The standard InChI is InChI=1S/C13H11ClF2N2O2/c1-2-9-11(14)17-13(20)18(12(9)19)6-7-5-8(15)3-4-10(7)16/h3-5H,2,6H2,1H3,(H,17,20). The molecule has 0 unspecified atom stereocenters. The zero-order valence-corrected chi connectivity index (χ0v) is 11.3. The number of hydrogen-bond donors (Lipinski definition) is 1. The fourth-order valence-electron chi connectivity index (χ4n) is 1.87. The van der Waals surface area contributed by atoms with Gasteiger partial charge in [-0.3, -0.25) is 14.3 Å². The molecular weight excluding hydrogens is 290 g/mol. The topological polar surface area (TPSA) is 54.9 Å². The Bertz CT molecular complexity index is 768. The zero-order valence-electron chi connectivity index (χ0n) is 10.5. The summed E-state index contributed by atoms with van der Waals surface area (Å²) in [5.74, 6) is -1.33.